The zero-order valence-electron chi connectivity index (χ0n) is 9.54. The molecule has 0 spiro atoms. The third kappa shape index (κ3) is 3.49. The van der Waals surface area contributed by atoms with Crippen molar-refractivity contribution >= 4 is 15.9 Å². The van der Waals surface area contributed by atoms with Gasteiger partial charge in [-0.15, -0.1) is 0 Å². The Morgan fingerprint density at radius 2 is 2.31 bits per heavy atom. The van der Waals surface area contributed by atoms with Crippen molar-refractivity contribution in [1.29, 1.82) is 0 Å². The highest BCUT2D eigenvalue weighted by Gasteiger charge is 2.17. The second-order valence-corrected chi connectivity index (χ2v) is 5.18. The van der Waals surface area contributed by atoms with Crippen LogP contribution in [0.15, 0.2) is 34.0 Å². The third-order valence-electron chi connectivity index (χ3n) is 2.74. The normalized spacial score (nSPS) is 26.4. The van der Waals surface area contributed by atoms with Crippen LogP contribution in [-0.4, -0.2) is 19.3 Å². The lowest BCUT2D eigenvalue weighted by Gasteiger charge is -2.15. The van der Waals surface area contributed by atoms with Crippen LogP contribution in [0.4, 0.5) is 0 Å². The quantitative estimate of drug-likeness (QED) is 0.770. The van der Waals surface area contributed by atoms with Gasteiger partial charge in [0.25, 0.3) is 0 Å². The molecule has 0 aromatic carbocycles. The zero-order chi connectivity index (χ0) is 11.4. The van der Waals surface area contributed by atoms with Crippen LogP contribution in [-0.2, 0) is 9.47 Å². The molecule has 0 N–H and O–H groups in total. The summed E-state index contributed by atoms with van der Waals surface area (Å²) in [6.07, 6.45) is 9.75. The number of hydrogen-bond donors (Lipinski definition) is 0. The molecule has 1 aliphatic carbocycles. The summed E-state index contributed by atoms with van der Waals surface area (Å²) in [6.45, 7) is 3.68. The van der Waals surface area contributed by atoms with E-state index in [9.17, 15) is 0 Å². The zero-order valence-corrected chi connectivity index (χ0v) is 11.1. The van der Waals surface area contributed by atoms with Gasteiger partial charge in [0, 0.05) is 10.9 Å². The van der Waals surface area contributed by atoms with Crippen LogP contribution in [0, 0.1) is 0 Å². The van der Waals surface area contributed by atoms with Crippen molar-refractivity contribution in [1.82, 2.24) is 0 Å². The van der Waals surface area contributed by atoms with E-state index in [-0.39, 0.29) is 6.10 Å². The molecule has 1 unspecified atom stereocenters. The summed E-state index contributed by atoms with van der Waals surface area (Å²) in [5, 5.41) is 0. The largest absolute Gasteiger partial charge is 0.488 e. The summed E-state index contributed by atoms with van der Waals surface area (Å²) in [4.78, 5) is 0. The van der Waals surface area contributed by atoms with Gasteiger partial charge in [-0.2, -0.15) is 0 Å². The molecule has 0 bridgehead atoms. The summed E-state index contributed by atoms with van der Waals surface area (Å²) >= 11 is 3.53. The summed E-state index contributed by atoms with van der Waals surface area (Å²) in [5.41, 5.74) is 1.36. The van der Waals surface area contributed by atoms with E-state index in [0.717, 1.165) is 36.1 Å². The molecule has 1 fully saturated rings. The van der Waals surface area contributed by atoms with Crippen LogP contribution in [0.5, 0.6) is 0 Å². The van der Waals surface area contributed by atoms with Crippen molar-refractivity contribution in [3.05, 3.63) is 34.0 Å². The Labute approximate surface area is 105 Å². The lowest BCUT2D eigenvalue weighted by Crippen LogP contribution is -2.11. The Hall–Kier alpha value is -0.540. The monoisotopic (exact) mass is 284 g/mol. The first-order valence-corrected chi connectivity index (χ1v) is 6.52. The van der Waals surface area contributed by atoms with Crippen LogP contribution in [0.3, 0.4) is 0 Å². The molecule has 1 atom stereocenters. The predicted octanol–water partition coefficient (Wildman–Crippen LogP) is 3.69. The van der Waals surface area contributed by atoms with Gasteiger partial charge in [-0.1, -0.05) is 27.6 Å². The third-order valence-corrected chi connectivity index (χ3v) is 3.29. The van der Waals surface area contributed by atoms with E-state index in [1.807, 2.05) is 6.08 Å². The molecule has 0 radical (unpaired) electrons. The highest BCUT2D eigenvalue weighted by atomic mass is 79.9. The fraction of sp³-hybridized carbons (Fsp3) is 0.538. The van der Waals surface area contributed by atoms with Gasteiger partial charge in [0.1, 0.15) is 11.9 Å². The van der Waals surface area contributed by atoms with Crippen LogP contribution in [0.2, 0.25) is 0 Å². The van der Waals surface area contributed by atoms with E-state index in [1.165, 1.54) is 5.57 Å². The van der Waals surface area contributed by atoms with E-state index < -0.39 is 0 Å². The highest BCUT2D eigenvalue weighted by molar-refractivity contribution is 9.11. The molecule has 88 valence electrons. The second-order valence-electron chi connectivity index (χ2n) is 4.27. The minimum atomic E-state index is 0.218. The van der Waals surface area contributed by atoms with Crippen molar-refractivity contribution in [2.75, 3.05) is 13.2 Å². The van der Waals surface area contributed by atoms with Crippen LogP contribution >= 0.6 is 15.9 Å². The van der Waals surface area contributed by atoms with Crippen LogP contribution in [0.1, 0.15) is 26.2 Å². The Bertz CT molecular complexity index is 336. The Kier molecular flexibility index (Phi) is 4.24. The van der Waals surface area contributed by atoms with Crippen LogP contribution < -0.4 is 0 Å². The van der Waals surface area contributed by atoms with Gasteiger partial charge in [-0.25, -0.2) is 0 Å². The molecule has 0 aromatic heterocycles. The maximum atomic E-state index is 5.92. The average Bonchev–Trinajstić information content (AvgIpc) is 2.67. The first-order chi connectivity index (χ1) is 7.74. The molecule has 0 saturated carbocycles. The maximum absolute atomic E-state index is 5.92. The molecular formula is C13H17BrO2. The van der Waals surface area contributed by atoms with Crippen molar-refractivity contribution in [2.45, 2.75) is 32.3 Å². The lowest BCUT2D eigenvalue weighted by molar-refractivity contribution is 0.0979. The van der Waals surface area contributed by atoms with E-state index in [4.69, 9.17) is 9.47 Å². The second kappa shape index (κ2) is 5.69. The summed E-state index contributed by atoms with van der Waals surface area (Å²) in [5.74, 6) is 0.941. The van der Waals surface area contributed by atoms with Gasteiger partial charge in [0.15, 0.2) is 0 Å². The van der Waals surface area contributed by atoms with Crippen molar-refractivity contribution < 1.29 is 9.47 Å². The maximum Gasteiger partial charge on any atom is 0.124 e. The number of allylic oxidation sites excluding steroid dienone is 5. The predicted molar refractivity (Wildman–Crippen MR) is 68.4 cm³/mol. The molecule has 0 amide bonds. The standard InChI is InChI=1S/C13H17BrO2/c1-10-3-2-4-11(14)8-13(7-10)16-12-5-6-15-9-12/h4,7-8,12H,2-3,5-6,9H2,1H3. The molecule has 1 aliphatic heterocycles. The molecular weight excluding hydrogens is 268 g/mol. The Balaban J connectivity index is 2.08. The minimum Gasteiger partial charge on any atom is -0.488 e. The topological polar surface area (TPSA) is 18.5 Å². The minimum absolute atomic E-state index is 0.218. The van der Waals surface area contributed by atoms with Gasteiger partial charge in [-0.3, -0.25) is 0 Å². The Morgan fingerprint density at radius 1 is 1.44 bits per heavy atom. The molecule has 1 heterocycles. The molecule has 1 saturated heterocycles. The van der Waals surface area contributed by atoms with E-state index in [2.05, 4.69) is 35.0 Å². The average molecular weight is 285 g/mol. The first kappa shape index (κ1) is 11.9. The molecule has 3 heteroatoms. The molecule has 2 rings (SSSR count). The molecule has 2 aliphatic rings. The van der Waals surface area contributed by atoms with E-state index in [0.29, 0.717) is 6.61 Å². The van der Waals surface area contributed by atoms with Gasteiger partial charge in [0.2, 0.25) is 0 Å². The fourth-order valence-electron chi connectivity index (χ4n) is 1.86. The molecule has 0 aromatic rings. The van der Waals surface area contributed by atoms with Gasteiger partial charge in [0.05, 0.1) is 13.2 Å². The highest BCUT2D eigenvalue weighted by Crippen LogP contribution is 2.22. The number of halogens is 1. The first-order valence-electron chi connectivity index (χ1n) is 5.73. The summed E-state index contributed by atoms with van der Waals surface area (Å²) < 4.78 is 12.3. The number of ether oxygens (including phenoxy) is 2. The fourth-order valence-corrected chi connectivity index (χ4v) is 2.31. The number of rotatable bonds is 2. The molecule has 2 nitrogen and oxygen atoms in total. The van der Waals surface area contributed by atoms with Gasteiger partial charge >= 0.3 is 0 Å². The lowest BCUT2D eigenvalue weighted by atomic mass is 10.1. The smallest absolute Gasteiger partial charge is 0.124 e. The summed E-state index contributed by atoms with van der Waals surface area (Å²) in [6, 6.07) is 0. The van der Waals surface area contributed by atoms with E-state index >= 15 is 0 Å². The summed E-state index contributed by atoms with van der Waals surface area (Å²) in [7, 11) is 0. The van der Waals surface area contributed by atoms with Gasteiger partial charge in [-0.05, 0) is 31.9 Å². The van der Waals surface area contributed by atoms with E-state index in [1.54, 1.807) is 0 Å². The number of hydrogen-bond acceptors (Lipinski definition) is 2. The van der Waals surface area contributed by atoms with Crippen LogP contribution in [0.25, 0.3) is 0 Å². The Morgan fingerprint density at radius 3 is 3.06 bits per heavy atom. The molecule has 16 heavy (non-hydrogen) atoms. The van der Waals surface area contributed by atoms with Crippen molar-refractivity contribution in [3.63, 3.8) is 0 Å². The van der Waals surface area contributed by atoms with Gasteiger partial charge < -0.3 is 9.47 Å². The SMILES string of the molecule is CC1=CC(OC2CCOC2)=CC(Br)=CCC1. The van der Waals surface area contributed by atoms with Crippen molar-refractivity contribution in [2.24, 2.45) is 0 Å². The van der Waals surface area contributed by atoms with Crippen molar-refractivity contribution in [3.8, 4) is 0 Å².